The van der Waals surface area contributed by atoms with Gasteiger partial charge in [-0.2, -0.15) is 0 Å². The maximum absolute atomic E-state index is 13.5. The van der Waals surface area contributed by atoms with E-state index in [0.717, 1.165) is 43.8 Å². The molecule has 0 saturated carbocycles. The van der Waals surface area contributed by atoms with E-state index in [-0.39, 0.29) is 34.4 Å². The van der Waals surface area contributed by atoms with Crippen LogP contribution in [-0.4, -0.2) is 39.6 Å². The Morgan fingerprint density at radius 1 is 0.771 bits per heavy atom. The summed E-state index contributed by atoms with van der Waals surface area (Å²) in [6, 6.07) is 9.10. The van der Waals surface area contributed by atoms with Crippen molar-refractivity contribution in [3.8, 4) is 28.7 Å². The SMILES string of the molecule is CCCCOc1cc(OCCCC)c(PC(=O)c2c(OC)cccc2OC)c(OCCCC)c1.[H-].[Li+]. The van der Waals surface area contributed by atoms with E-state index in [2.05, 4.69) is 20.8 Å². The molecule has 2 aromatic rings. The Kier molecular flexibility index (Phi) is 15.6. The molecule has 0 fully saturated rings. The first kappa shape index (κ1) is 31.2. The maximum atomic E-state index is 13.5. The van der Waals surface area contributed by atoms with Gasteiger partial charge in [-0.15, -0.1) is 0 Å². The van der Waals surface area contributed by atoms with E-state index >= 15 is 0 Å². The van der Waals surface area contributed by atoms with Gasteiger partial charge in [-0.05, 0) is 40.0 Å². The molecular formula is C27H40LiO6P. The third-order valence-corrected chi connectivity index (χ3v) is 6.43. The zero-order valence-electron chi connectivity index (χ0n) is 23.2. The summed E-state index contributed by atoms with van der Waals surface area (Å²) in [7, 11) is 2.87. The van der Waals surface area contributed by atoms with Crippen molar-refractivity contribution in [3.05, 3.63) is 35.9 Å². The molecule has 0 heterocycles. The standard InChI is InChI=1S/C27H39O6P.Li.H/c1-6-9-15-31-20-18-23(32-16-10-7-2)26(24(19-20)33-17-11-8-3)34-27(28)25-21(29-4)13-12-14-22(25)30-5;;/h12-14,18-19,34H,6-11,15-17H2,1-5H3;;/q;+1;-1. The van der Waals surface area contributed by atoms with Crippen LogP contribution in [0.25, 0.3) is 0 Å². The van der Waals surface area contributed by atoms with Crippen molar-refractivity contribution in [3.63, 3.8) is 0 Å². The van der Waals surface area contributed by atoms with E-state index in [0.29, 0.717) is 54.1 Å². The predicted molar refractivity (Wildman–Crippen MR) is 141 cm³/mol. The first-order valence-electron chi connectivity index (χ1n) is 12.2. The van der Waals surface area contributed by atoms with Crippen LogP contribution in [0.5, 0.6) is 28.7 Å². The summed E-state index contributed by atoms with van der Waals surface area (Å²) in [5.74, 6) is 2.93. The zero-order chi connectivity index (χ0) is 24.8. The summed E-state index contributed by atoms with van der Waals surface area (Å²) in [4.78, 5) is 13.5. The Morgan fingerprint density at radius 3 is 1.66 bits per heavy atom. The van der Waals surface area contributed by atoms with Gasteiger partial charge in [-0.1, -0.05) is 46.1 Å². The minimum atomic E-state index is -0.230. The quantitative estimate of drug-likeness (QED) is 0.189. The molecular weight excluding hydrogens is 458 g/mol. The Hall–Kier alpha value is -1.86. The molecule has 2 aromatic carbocycles. The van der Waals surface area contributed by atoms with Crippen LogP contribution in [0.15, 0.2) is 30.3 Å². The van der Waals surface area contributed by atoms with Crippen molar-refractivity contribution in [2.24, 2.45) is 0 Å². The Balaban J connectivity index is 0.00000612. The Morgan fingerprint density at radius 2 is 1.23 bits per heavy atom. The van der Waals surface area contributed by atoms with Gasteiger partial charge in [-0.3, -0.25) is 4.79 Å². The van der Waals surface area contributed by atoms with Crippen molar-refractivity contribution in [2.45, 2.75) is 59.3 Å². The van der Waals surface area contributed by atoms with Crippen LogP contribution in [0.2, 0.25) is 0 Å². The topological polar surface area (TPSA) is 63.2 Å². The molecule has 0 spiro atoms. The monoisotopic (exact) mass is 498 g/mol. The summed E-state index contributed by atoms with van der Waals surface area (Å²) in [6.45, 7) is 8.11. The largest absolute Gasteiger partial charge is 1.00 e. The summed E-state index contributed by atoms with van der Waals surface area (Å²) >= 11 is 0. The minimum Gasteiger partial charge on any atom is -1.00 e. The van der Waals surface area contributed by atoms with Gasteiger partial charge in [0.25, 0.3) is 0 Å². The number of rotatable bonds is 17. The molecule has 1 unspecified atom stereocenters. The first-order chi connectivity index (χ1) is 16.6. The van der Waals surface area contributed by atoms with Gasteiger partial charge >= 0.3 is 18.9 Å². The maximum Gasteiger partial charge on any atom is 1.00 e. The second-order valence-corrected chi connectivity index (χ2v) is 9.10. The van der Waals surface area contributed by atoms with Crippen LogP contribution in [-0.2, 0) is 0 Å². The molecule has 0 aliphatic heterocycles. The molecule has 0 saturated heterocycles. The summed E-state index contributed by atoms with van der Waals surface area (Å²) in [6.07, 6.45) is 5.89. The van der Waals surface area contributed by atoms with Crippen LogP contribution in [0.1, 0.15) is 71.1 Å². The summed E-state index contributed by atoms with van der Waals surface area (Å²) in [5.41, 5.74) is 0.322. The fourth-order valence-corrected chi connectivity index (χ4v) is 4.37. The minimum absolute atomic E-state index is 0. The molecule has 0 bridgehead atoms. The molecule has 0 amide bonds. The number of methoxy groups -OCH3 is 2. The molecule has 0 N–H and O–H groups in total. The number of hydrogen-bond donors (Lipinski definition) is 0. The molecule has 6 nitrogen and oxygen atoms in total. The van der Waals surface area contributed by atoms with E-state index in [4.69, 9.17) is 23.7 Å². The van der Waals surface area contributed by atoms with Crippen LogP contribution in [0, 0.1) is 0 Å². The van der Waals surface area contributed by atoms with E-state index in [1.165, 1.54) is 0 Å². The molecule has 35 heavy (non-hydrogen) atoms. The number of carbonyl (C=O) groups is 1. The van der Waals surface area contributed by atoms with Gasteiger partial charge in [0.1, 0.15) is 34.3 Å². The van der Waals surface area contributed by atoms with Gasteiger partial charge in [0.2, 0.25) is 0 Å². The summed E-state index contributed by atoms with van der Waals surface area (Å²) in [5, 5.41) is 0.744. The number of carbonyl (C=O) groups excluding carboxylic acids is 1. The second kappa shape index (κ2) is 17.5. The van der Waals surface area contributed by atoms with Gasteiger partial charge in [-0.25, -0.2) is 0 Å². The smallest absolute Gasteiger partial charge is 1.00 e. The van der Waals surface area contributed by atoms with Gasteiger partial charge in [0.05, 0.1) is 39.3 Å². The molecule has 8 heteroatoms. The summed E-state index contributed by atoms with van der Waals surface area (Å²) < 4.78 is 29.2. The third kappa shape index (κ3) is 9.60. The first-order valence-corrected chi connectivity index (χ1v) is 13.2. The van der Waals surface area contributed by atoms with Crippen LogP contribution >= 0.6 is 8.58 Å². The molecule has 0 aromatic heterocycles. The third-order valence-electron chi connectivity index (χ3n) is 5.21. The van der Waals surface area contributed by atoms with Crippen molar-refractivity contribution < 1.29 is 48.8 Å². The zero-order valence-corrected chi connectivity index (χ0v) is 23.2. The Bertz CT molecular complexity index is 859. The van der Waals surface area contributed by atoms with E-state index < -0.39 is 0 Å². The van der Waals surface area contributed by atoms with Crippen molar-refractivity contribution in [1.29, 1.82) is 0 Å². The molecule has 0 aliphatic rings. The van der Waals surface area contributed by atoms with Crippen molar-refractivity contribution in [1.82, 2.24) is 0 Å². The second-order valence-electron chi connectivity index (χ2n) is 7.89. The number of unbranched alkanes of at least 4 members (excludes halogenated alkanes) is 3. The average molecular weight is 499 g/mol. The van der Waals surface area contributed by atoms with Crippen LogP contribution < -0.4 is 47.8 Å². The molecule has 0 radical (unpaired) electrons. The van der Waals surface area contributed by atoms with Gasteiger partial charge < -0.3 is 25.1 Å². The fourth-order valence-electron chi connectivity index (χ4n) is 3.24. The molecule has 2 rings (SSSR count). The van der Waals surface area contributed by atoms with Gasteiger partial charge in [0, 0.05) is 12.1 Å². The van der Waals surface area contributed by atoms with Gasteiger partial charge in [0.15, 0.2) is 5.52 Å². The van der Waals surface area contributed by atoms with Crippen molar-refractivity contribution in [2.75, 3.05) is 34.0 Å². The normalized spacial score (nSPS) is 10.7. The fraction of sp³-hybridized carbons (Fsp3) is 0.519. The molecule has 1 atom stereocenters. The number of hydrogen-bond acceptors (Lipinski definition) is 6. The number of benzene rings is 2. The molecule has 190 valence electrons. The van der Waals surface area contributed by atoms with E-state index in [1.807, 2.05) is 12.1 Å². The van der Waals surface area contributed by atoms with Crippen LogP contribution in [0.3, 0.4) is 0 Å². The predicted octanol–water partition coefficient (Wildman–Crippen LogP) is 3.50. The average Bonchev–Trinajstić information content (AvgIpc) is 2.85. The Labute approximate surface area is 225 Å². The van der Waals surface area contributed by atoms with E-state index in [9.17, 15) is 4.79 Å². The molecule has 0 aliphatic carbocycles. The van der Waals surface area contributed by atoms with Crippen LogP contribution in [0.4, 0.5) is 0 Å². The number of ether oxygens (including phenoxy) is 5. The van der Waals surface area contributed by atoms with E-state index in [1.54, 1.807) is 32.4 Å². The van der Waals surface area contributed by atoms with Crippen molar-refractivity contribution >= 4 is 19.4 Å².